The van der Waals surface area contributed by atoms with Gasteiger partial charge in [0.25, 0.3) is 5.56 Å². The molecule has 10 heteroatoms. The Balaban J connectivity index is 1.80. The van der Waals surface area contributed by atoms with Crippen molar-refractivity contribution in [2.45, 2.75) is 42.8 Å². The number of hydrogen-bond donors (Lipinski definition) is 0. The van der Waals surface area contributed by atoms with Crippen molar-refractivity contribution in [2.75, 3.05) is 26.5 Å². The van der Waals surface area contributed by atoms with E-state index in [0.717, 1.165) is 22.2 Å². The standard InChI is InChI=1S/C22H26BrN3O5S/c1-4-8-31-22(29)26-7-5-6-19(30-2)18(26)9-14(27)12-25-13-24-17-11-16(23)20(32-3)10-15(17)21(25)28/h4,10-11,13,18-19H,1,5-9,12H2,2-3H3/t18-,19+/m1/s1. The highest BCUT2D eigenvalue weighted by Crippen LogP contribution is 2.28. The summed E-state index contributed by atoms with van der Waals surface area (Å²) in [5, 5.41) is 0.454. The monoisotopic (exact) mass is 523 g/mol. The largest absolute Gasteiger partial charge is 0.445 e. The van der Waals surface area contributed by atoms with E-state index in [1.165, 1.54) is 28.7 Å². The molecule has 1 saturated heterocycles. The van der Waals surface area contributed by atoms with Crippen LogP contribution in [0.2, 0.25) is 0 Å². The van der Waals surface area contributed by atoms with E-state index in [1.54, 1.807) is 24.1 Å². The van der Waals surface area contributed by atoms with Gasteiger partial charge in [0.15, 0.2) is 5.78 Å². The van der Waals surface area contributed by atoms with Crippen LogP contribution >= 0.6 is 27.7 Å². The lowest BCUT2D eigenvalue weighted by molar-refractivity contribution is -0.122. The van der Waals surface area contributed by atoms with E-state index in [-0.39, 0.29) is 37.0 Å². The Bertz CT molecular complexity index is 1070. The van der Waals surface area contributed by atoms with E-state index in [1.807, 2.05) is 6.26 Å². The first kappa shape index (κ1) is 24.5. The topological polar surface area (TPSA) is 90.7 Å². The number of fused-ring (bicyclic) bond motifs is 1. The van der Waals surface area contributed by atoms with E-state index >= 15 is 0 Å². The van der Waals surface area contributed by atoms with Crippen molar-refractivity contribution in [3.8, 4) is 0 Å². The van der Waals surface area contributed by atoms with E-state index in [0.29, 0.717) is 17.4 Å². The van der Waals surface area contributed by atoms with Crippen LogP contribution in [0.1, 0.15) is 19.3 Å². The number of hydrogen-bond acceptors (Lipinski definition) is 7. The number of aromatic nitrogens is 2. The van der Waals surface area contributed by atoms with Crippen LogP contribution in [0.25, 0.3) is 10.9 Å². The van der Waals surface area contributed by atoms with Gasteiger partial charge < -0.3 is 14.4 Å². The summed E-state index contributed by atoms with van der Waals surface area (Å²) in [5.74, 6) is -0.189. The predicted molar refractivity (Wildman–Crippen MR) is 127 cm³/mol. The summed E-state index contributed by atoms with van der Waals surface area (Å²) >= 11 is 4.99. The Kier molecular flexibility index (Phi) is 8.50. The lowest BCUT2D eigenvalue weighted by Crippen LogP contribution is -2.53. The van der Waals surface area contributed by atoms with Crippen molar-refractivity contribution in [3.63, 3.8) is 0 Å². The van der Waals surface area contributed by atoms with Crippen LogP contribution in [-0.4, -0.2) is 65.0 Å². The number of likely N-dealkylation sites (tertiary alicyclic amines) is 1. The van der Waals surface area contributed by atoms with Crippen LogP contribution in [0.5, 0.6) is 0 Å². The third kappa shape index (κ3) is 5.41. The van der Waals surface area contributed by atoms with Crippen LogP contribution in [-0.2, 0) is 20.8 Å². The highest BCUT2D eigenvalue weighted by molar-refractivity contribution is 9.10. The summed E-state index contributed by atoms with van der Waals surface area (Å²) in [6.45, 7) is 4.00. The molecule has 0 aliphatic carbocycles. The van der Waals surface area contributed by atoms with Gasteiger partial charge in [-0.3, -0.25) is 14.2 Å². The first-order valence-corrected chi connectivity index (χ1v) is 12.2. The molecule has 1 aromatic carbocycles. The third-order valence-corrected chi connectivity index (χ3v) is 7.16. The van der Waals surface area contributed by atoms with Crippen molar-refractivity contribution in [2.24, 2.45) is 0 Å². The number of Topliss-reactive ketones (excluding diaryl/α,β-unsaturated/α-hetero) is 1. The van der Waals surface area contributed by atoms with Crippen molar-refractivity contribution < 1.29 is 19.1 Å². The van der Waals surface area contributed by atoms with Gasteiger partial charge in [0.05, 0.1) is 35.9 Å². The van der Waals surface area contributed by atoms with Gasteiger partial charge in [0, 0.05) is 29.4 Å². The molecule has 1 aliphatic rings. The van der Waals surface area contributed by atoms with Crippen molar-refractivity contribution >= 4 is 50.5 Å². The number of piperidine rings is 1. The maximum Gasteiger partial charge on any atom is 0.410 e. The smallest absolute Gasteiger partial charge is 0.410 e. The molecule has 0 unspecified atom stereocenters. The molecular formula is C22H26BrN3O5S. The van der Waals surface area contributed by atoms with Gasteiger partial charge in [-0.25, -0.2) is 9.78 Å². The van der Waals surface area contributed by atoms with Gasteiger partial charge in [-0.1, -0.05) is 12.7 Å². The fraction of sp³-hybridized carbons (Fsp3) is 0.455. The predicted octanol–water partition coefficient (Wildman–Crippen LogP) is 3.64. The fourth-order valence-electron chi connectivity index (χ4n) is 3.90. The summed E-state index contributed by atoms with van der Waals surface area (Å²) in [5.41, 5.74) is 0.284. The van der Waals surface area contributed by atoms with Crippen molar-refractivity contribution in [1.29, 1.82) is 0 Å². The maximum atomic E-state index is 13.0. The first-order valence-electron chi connectivity index (χ1n) is 10.2. The average molecular weight is 524 g/mol. The molecule has 3 rings (SSSR count). The van der Waals surface area contributed by atoms with Gasteiger partial charge >= 0.3 is 6.09 Å². The third-order valence-electron chi connectivity index (χ3n) is 5.46. The Morgan fingerprint density at radius 2 is 2.19 bits per heavy atom. The molecule has 2 heterocycles. The van der Waals surface area contributed by atoms with Crippen LogP contribution in [0.4, 0.5) is 4.79 Å². The van der Waals surface area contributed by atoms with E-state index < -0.39 is 12.1 Å². The highest BCUT2D eigenvalue weighted by Gasteiger charge is 2.36. The summed E-state index contributed by atoms with van der Waals surface area (Å²) in [6.07, 6.45) is 5.59. The minimum atomic E-state index is -0.496. The molecule has 1 fully saturated rings. The maximum absolute atomic E-state index is 13.0. The number of carbonyl (C=O) groups is 2. The quantitative estimate of drug-likeness (QED) is 0.385. The fourth-order valence-corrected chi connectivity index (χ4v) is 5.20. The van der Waals surface area contributed by atoms with E-state index in [4.69, 9.17) is 9.47 Å². The van der Waals surface area contributed by atoms with Crippen LogP contribution in [0, 0.1) is 0 Å². The molecule has 172 valence electrons. The van der Waals surface area contributed by atoms with E-state index in [2.05, 4.69) is 27.5 Å². The molecule has 0 saturated carbocycles. The Morgan fingerprint density at radius 3 is 2.88 bits per heavy atom. The molecule has 1 aromatic heterocycles. The molecule has 0 spiro atoms. The number of methoxy groups -OCH3 is 1. The van der Waals surface area contributed by atoms with Gasteiger partial charge in [0.1, 0.15) is 6.61 Å². The second-order valence-corrected chi connectivity index (χ2v) is 9.17. The number of amides is 1. The highest BCUT2D eigenvalue weighted by atomic mass is 79.9. The minimum Gasteiger partial charge on any atom is -0.445 e. The summed E-state index contributed by atoms with van der Waals surface area (Å²) in [7, 11) is 1.57. The second-order valence-electron chi connectivity index (χ2n) is 7.47. The lowest BCUT2D eigenvalue weighted by atomic mass is 9.94. The number of thioether (sulfide) groups is 1. The molecule has 32 heavy (non-hydrogen) atoms. The zero-order valence-electron chi connectivity index (χ0n) is 18.1. The van der Waals surface area contributed by atoms with Crippen LogP contribution in [0.15, 0.2) is 45.3 Å². The summed E-state index contributed by atoms with van der Waals surface area (Å²) in [4.78, 5) is 45.2. The number of rotatable bonds is 8. The normalized spacial score (nSPS) is 18.5. The average Bonchev–Trinajstić information content (AvgIpc) is 2.79. The zero-order chi connectivity index (χ0) is 23.3. The second kappa shape index (κ2) is 11.1. The first-order chi connectivity index (χ1) is 15.4. The zero-order valence-corrected chi connectivity index (χ0v) is 20.5. The number of halogens is 1. The molecule has 0 bridgehead atoms. The van der Waals surface area contributed by atoms with Gasteiger partial charge in [-0.05, 0) is 47.2 Å². The molecule has 8 nitrogen and oxygen atoms in total. The summed E-state index contributed by atoms with van der Waals surface area (Å²) < 4.78 is 12.9. The molecular weight excluding hydrogens is 498 g/mol. The molecule has 0 N–H and O–H groups in total. The van der Waals surface area contributed by atoms with Crippen LogP contribution in [0.3, 0.4) is 0 Å². The van der Waals surface area contributed by atoms with Crippen molar-refractivity contribution in [1.82, 2.24) is 14.5 Å². The summed E-state index contributed by atoms with van der Waals surface area (Å²) in [6, 6.07) is 3.12. The Hall–Kier alpha value is -2.17. The Labute approximate surface area is 199 Å². The number of ether oxygens (including phenoxy) is 2. The SMILES string of the molecule is C=CCOC(=O)N1CCC[C@H](OC)[C@H]1CC(=O)Cn1cnc2cc(Br)c(SC)cc2c1=O. The molecule has 2 aromatic rings. The van der Waals surface area contributed by atoms with Gasteiger partial charge in [0.2, 0.25) is 0 Å². The van der Waals surface area contributed by atoms with Gasteiger partial charge in [-0.15, -0.1) is 11.8 Å². The van der Waals surface area contributed by atoms with Crippen molar-refractivity contribution in [3.05, 3.63) is 45.9 Å². The molecule has 1 amide bonds. The minimum absolute atomic E-state index is 0.0581. The molecule has 1 aliphatic heterocycles. The number of nitrogens with zero attached hydrogens (tertiary/aromatic N) is 3. The Morgan fingerprint density at radius 1 is 1.41 bits per heavy atom. The molecule has 0 radical (unpaired) electrons. The number of ketones is 1. The van der Waals surface area contributed by atoms with Gasteiger partial charge in [-0.2, -0.15) is 0 Å². The lowest BCUT2D eigenvalue weighted by Gasteiger charge is -2.39. The molecule has 2 atom stereocenters. The number of carbonyl (C=O) groups excluding carboxylic acids is 2. The van der Waals surface area contributed by atoms with Crippen LogP contribution < -0.4 is 5.56 Å². The number of benzene rings is 1. The van der Waals surface area contributed by atoms with E-state index in [9.17, 15) is 14.4 Å².